The second-order valence-corrected chi connectivity index (χ2v) is 10.5. The molecule has 0 spiro atoms. The summed E-state index contributed by atoms with van der Waals surface area (Å²) in [6.07, 6.45) is 2.27. The molecular formula is C26H24F2N2O4S. The van der Waals surface area contributed by atoms with Crippen molar-refractivity contribution in [3.8, 4) is 5.75 Å². The van der Waals surface area contributed by atoms with Gasteiger partial charge in [0.2, 0.25) is 0 Å². The first-order valence-corrected chi connectivity index (χ1v) is 12.3. The summed E-state index contributed by atoms with van der Waals surface area (Å²) in [5, 5.41) is 3.39. The van der Waals surface area contributed by atoms with Crippen molar-refractivity contribution in [3.05, 3.63) is 95.1 Å². The van der Waals surface area contributed by atoms with Gasteiger partial charge in [-0.15, -0.1) is 0 Å². The van der Waals surface area contributed by atoms with Gasteiger partial charge in [0.25, 0.3) is 10.0 Å². The van der Waals surface area contributed by atoms with E-state index in [4.69, 9.17) is 4.74 Å². The predicted molar refractivity (Wildman–Crippen MR) is 130 cm³/mol. The van der Waals surface area contributed by atoms with Crippen LogP contribution in [0.2, 0.25) is 0 Å². The minimum Gasteiger partial charge on any atom is -0.497 e. The van der Waals surface area contributed by atoms with Gasteiger partial charge in [-0.05, 0) is 74.4 Å². The summed E-state index contributed by atoms with van der Waals surface area (Å²) in [6, 6.07) is 14.1. The number of methoxy groups -OCH3 is 1. The van der Waals surface area contributed by atoms with Crippen molar-refractivity contribution in [2.45, 2.75) is 30.7 Å². The molecule has 2 N–H and O–H groups in total. The summed E-state index contributed by atoms with van der Waals surface area (Å²) < 4.78 is 60.3. The Labute approximate surface area is 202 Å². The zero-order valence-corrected chi connectivity index (χ0v) is 20.2. The number of carbonyl (C=O) groups is 1. The van der Waals surface area contributed by atoms with E-state index < -0.39 is 26.6 Å². The highest BCUT2D eigenvalue weighted by Gasteiger charge is 2.28. The van der Waals surface area contributed by atoms with Crippen LogP contribution in [0, 0.1) is 11.6 Å². The van der Waals surface area contributed by atoms with Crippen molar-refractivity contribution in [1.29, 1.82) is 0 Å². The number of ketones is 1. The number of hydrogen-bond donors (Lipinski definition) is 2. The maximum atomic E-state index is 13.9. The fraction of sp³-hybridized carbons (Fsp3) is 0.192. The molecular weight excluding hydrogens is 474 g/mol. The van der Waals surface area contributed by atoms with E-state index in [1.165, 1.54) is 30.3 Å². The van der Waals surface area contributed by atoms with E-state index in [0.717, 1.165) is 35.7 Å². The maximum absolute atomic E-state index is 13.9. The lowest BCUT2D eigenvalue weighted by molar-refractivity contribution is 0.104. The Morgan fingerprint density at radius 1 is 1.06 bits per heavy atom. The highest BCUT2D eigenvalue weighted by Crippen LogP contribution is 2.32. The number of benzene rings is 3. The Bertz CT molecular complexity index is 1410. The Kier molecular flexibility index (Phi) is 6.38. The maximum Gasteiger partial charge on any atom is 0.267 e. The first-order chi connectivity index (χ1) is 16.5. The van der Waals surface area contributed by atoms with Crippen LogP contribution in [0.25, 0.3) is 5.70 Å². The number of fused-ring (bicyclic) bond motifs is 1. The molecule has 0 radical (unpaired) electrons. The third-order valence-electron chi connectivity index (χ3n) is 5.60. The SMILES string of the molecule is COc1ccc2c(c1)C(=CC(=O)c1ccc(NS(=O)(=O)c3c(F)cccc3F)cc1)NC(C)(C)C2. The van der Waals surface area contributed by atoms with Gasteiger partial charge in [0.1, 0.15) is 17.4 Å². The number of allylic oxidation sites excluding steroid dienone is 1. The number of rotatable bonds is 6. The topological polar surface area (TPSA) is 84.5 Å². The quantitative estimate of drug-likeness (QED) is 0.372. The molecule has 0 aliphatic carbocycles. The largest absolute Gasteiger partial charge is 0.497 e. The molecule has 9 heteroatoms. The first kappa shape index (κ1) is 24.4. The second kappa shape index (κ2) is 9.14. The number of sulfonamides is 1. The fourth-order valence-electron chi connectivity index (χ4n) is 4.02. The van der Waals surface area contributed by atoms with Gasteiger partial charge in [-0.3, -0.25) is 9.52 Å². The highest BCUT2D eigenvalue weighted by molar-refractivity contribution is 7.92. The molecule has 4 rings (SSSR count). The number of ether oxygens (including phenoxy) is 1. The van der Waals surface area contributed by atoms with Crippen LogP contribution in [0.1, 0.15) is 35.3 Å². The standard InChI is InChI=1S/C26H24F2N2O4S/c1-26(2)15-17-9-12-19(34-3)13-20(17)23(29-26)14-24(31)16-7-10-18(11-8-16)30-35(32,33)25-21(27)5-4-6-22(25)28/h4-14,29-30H,15H2,1-3H3. The second-order valence-electron chi connectivity index (χ2n) is 8.86. The average molecular weight is 499 g/mol. The lowest BCUT2D eigenvalue weighted by Crippen LogP contribution is -2.43. The Balaban J connectivity index is 1.59. The monoisotopic (exact) mass is 498 g/mol. The molecule has 0 fully saturated rings. The van der Waals surface area contributed by atoms with Gasteiger partial charge in [-0.1, -0.05) is 12.1 Å². The molecule has 0 amide bonds. The lowest BCUT2D eigenvalue weighted by atomic mass is 9.85. The fourth-order valence-corrected chi connectivity index (χ4v) is 5.21. The van der Waals surface area contributed by atoms with Gasteiger partial charge in [0.05, 0.1) is 7.11 Å². The van der Waals surface area contributed by atoms with Gasteiger partial charge < -0.3 is 10.1 Å². The minimum absolute atomic E-state index is 0.0591. The molecule has 182 valence electrons. The van der Waals surface area contributed by atoms with Crippen molar-refractivity contribution in [2.75, 3.05) is 11.8 Å². The number of anilines is 1. The normalized spacial score (nSPS) is 15.7. The summed E-state index contributed by atoms with van der Waals surface area (Å²) in [5.74, 6) is -2.02. The molecule has 1 aliphatic rings. The van der Waals surface area contributed by atoms with Crippen LogP contribution in [0.15, 0.2) is 71.6 Å². The van der Waals surface area contributed by atoms with Crippen molar-refractivity contribution in [3.63, 3.8) is 0 Å². The third-order valence-corrected chi connectivity index (χ3v) is 7.03. The molecule has 0 saturated heterocycles. The van der Waals surface area contributed by atoms with E-state index in [9.17, 15) is 22.0 Å². The van der Waals surface area contributed by atoms with Crippen molar-refractivity contribution in [2.24, 2.45) is 0 Å². The van der Waals surface area contributed by atoms with Crippen LogP contribution in [0.4, 0.5) is 14.5 Å². The molecule has 0 aromatic heterocycles. The van der Waals surface area contributed by atoms with Gasteiger partial charge >= 0.3 is 0 Å². The van der Waals surface area contributed by atoms with Crippen molar-refractivity contribution < 1.29 is 26.7 Å². The van der Waals surface area contributed by atoms with E-state index in [0.29, 0.717) is 17.0 Å². The molecule has 1 aliphatic heterocycles. The lowest BCUT2D eigenvalue weighted by Gasteiger charge is -2.35. The molecule has 0 atom stereocenters. The smallest absolute Gasteiger partial charge is 0.267 e. The third kappa shape index (κ3) is 5.19. The molecule has 0 bridgehead atoms. The molecule has 0 unspecified atom stereocenters. The van der Waals surface area contributed by atoms with E-state index in [1.54, 1.807) is 7.11 Å². The van der Waals surface area contributed by atoms with Gasteiger partial charge in [-0.25, -0.2) is 17.2 Å². The Morgan fingerprint density at radius 3 is 2.34 bits per heavy atom. The summed E-state index contributed by atoms with van der Waals surface area (Å²) in [7, 11) is -2.93. The summed E-state index contributed by atoms with van der Waals surface area (Å²) in [4.78, 5) is 11.9. The van der Waals surface area contributed by atoms with Gasteiger partial charge in [-0.2, -0.15) is 0 Å². The van der Waals surface area contributed by atoms with Gasteiger partial charge in [0.15, 0.2) is 10.7 Å². The van der Waals surface area contributed by atoms with Crippen LogP contribution in [0.5, 0.6) is 5.75 Å². The zero-order valence-electron chi connectivity index (χ0n) is 19.4. The van der Waals surface area contributed by atoms with E-state index in [1.807, 2.05) is 32.0 Å². The van der Waals surface area contributed by atoms with E-state index in [-0.39, 0.29) is 17.0 Å². The number of nitrogens with one attached hydrogen (secondary N) is 2. The molecule has 1 heterocycles. The predicted octanol–water partition coefficient (Wildman–Crippen LogP) is 4.92. The number of hydrogen-bond acceptors (Lipinski definition) is 5. The molecule has 0 saturated carbocycles. The summed E-state index contributed by atoms with van der Waals surface area (Å²) >= 11 is 0. The molecule has 3 aromatic rings. The molecule has 3 aromatic carbocycles. The summed E-state index contributed by atoms with van der Waals surface area (Å²) in [5.41, 5.74) is 2.71. The van der Waals surface area contributed by atoms with Crippen LogP contribution in [0.3, 0.4) is 0 Å². The van der Waals surface area contributed by atoms with E-state index in [2.05, 4.69) is 10.0 Å². The van der Waals surface area contributed by atoms with Gasteiger partial charge in [0, 0.05) is 34.1 Å². The van der Waals surface area contributed by atoms with Crippen molar-refractivity contribution >= 4 is 27.2 Å². The molecule has 6 nitrogen and oxygen atoms in total. The number of carbonyl (C=O) groups excluding carboxylic acids is 1. The minimum atomic E-state index is -4.50. The Morgan fingerprint density at radius 2 is 1.71 bits per heavy atom. The Hall–Kier alpha value is -3.72. The number of halogens is 2. The van der Waals surface area contributed by atoms with Crippen LogP contribution < -0.4 is 14.8 Å². The van der Waals surface area contributed by atoms with E-state index >= 15 is 0 Å². The average Bonchev–Trinajstić information content (AvgIpc) is 2.78. The molecule has 35 heavy (non-hydrogen) atoms. The zero-order chi connectivity index (χ0) is 25.4. The first-order valence-electron chi connectivity index (χ1n) is 10.8. The van der Waals surface area contributed by atoms with Crippen LogP contribution in [-0.4, -0.2) is 26.8 Å². The van der Waals surface area contributed by atoms with Crippen molar-refractivity contribution in [1.82, 2.24) is 5.32 Å². The van der Waals surface area contributed by atoms with Crippen LogP contribution in [-0.2, 0) is 16.4 Å². The van der Waals surface area contributed by atoms with Crippen LogP contribution >= 0.6 is 0 Å². The highest BCUT2D eigenvalue weighted by atomic mass is 32.2. The summed E-state index contributed by atoms with van der Waals surface area (Å²) in [6.45, 7) is 4.08.